The second-order valence-electron chi connectivity index (χ2n) is 2.93. The fourth-order valence-corrected chi connectivity index (χ4v) is 1.30. The number of hydrogen-bond donors (Lipinski definition) is 2. The van der Waals surface area contributed by atoms with Gasteiger partial charge in [0.1, 0.15) is 5.84 Å². The van der Waals surface area contributed by atoms with Crippen LogP contribution in [0.1, 0.15) is 18.1 Å². The van der Waals surface area contributed by atoms with Crippen molar-refractivity contribution in [2.75, 3.05) is 6.54 Å². The summed E-state index contributed by atoms with van der Waals surface area (Å²) in [5.41, 5.74) is 4.51. The smallest absolute Gasteiger partial charge is 0.142 e. The minimum atomic E-state index is 0.661. The third-order valence-electron chi connectivity index (χ3n) is 1.90. The van der Waals surface area contributed by atoms with Gasteiger partial charge in [-0.3, -0.25) is 4.99 Å². The van der Waals surface area contributed by atoms with Gasteiger partial charge in [0.15, 0.2) is 0 Å². The number of hydrogen-bond acceptors (Lipinski definition) is 2. The van der Waals surface area contributed by atoms with Crippen molar-refractivity contribution in [1.82, 2.24) is 5.43 Å². The summed E-state index contributed by atoms with van der Waals surface area (Å²) in [6.07, 6.45) is 0. The maximum absolute atomic E-state index is 5.99. The Morgan fingerprint density at radius 1 is 1.57 bits per heavy atom. The molecule has 76 valence electrons. The summed E-state index contributed by atoms with van der Waals surface area (Å²) >= 11 is 5.99. The zero-order valence-electron chi connectivity index (χ0n) is 8.34. The molecule has 4 heteroatoms. The predicted molar refractivity (Wildman–Crippen MR) is 60.6 cm³/mol. The molecule has 0 aromatic heterocycles. The lowest BCUT2D eigenvalue weighted by molar-refractivity contribution is 0.991. The molecule has 0 saturated carbocycles. The second-order valence-corrected chi connectivity index (χ2v) is 3.34. The van der Waals surface area contributed by atoms with Crippen LogP contribution in [-0.4, -0.2) is 12.4 Å². The van der Waals surface area contributed by atoms with E-state index in [-0.39, 0.29) is 0 Å². The molecule has 0 aliphatic heterocycles. The minimum Gasteiger partial charge on any atom is -0.308 e. The van der Waals surface area contributed by atoms with Crippen molar-refractivity contribution in [3.05, 3.63) is 34.3 Å². The van der Waals surface area contributed by atoms with Gasteiger partial charge in [0.25, 0.3) is 0 Å². The minimum absolute atomic E-state index is 0.661. The van der Waals surface area contributed by atoms with E-state index in [2.05, 4.69) is 10.4 Å². The fourth-order valence-electron chi connectivity index (χ4n) is 1.12. The SMILES string of the molecule is CCN=C(NN)c1ccc(C)c(Cl)c1. The summed E-state index contributed by atoms with van der Waals surface area (Å²) < 4.78 is 0. The summed E-state index contributed by atoms with van der Waals surface area (Å²) in [7, 11) is 0. The molecule has 1 aromatic rings. The zero-order valence-corrected chi connectivity index (χ0v) is 9.10. The van der Waals surface area contributed by atoms with Crippen molar-refractivity contribution in [1.29, 1.82) is 0 Å². The average molecular weight is 212 g/mol. The lowest BCUT2D eigenvalue weighted by Crippen LogP contribution is -2.31. The van der Waals surface area contributed by atoms with E-state index in [1.165, 1.54) is 0 Å². The predicted octanol–water partition coefficient (Wildman–Crippen LogP) is 1.88. The van der Waals surface area contributed by atoms with Crippen LogP contribution in [0.4, 0.5) is 0 Å². The van der Waals surface area contributed by atoms with Gasteiger partial charge < -0.3 is 5.43 Å². The number of nitrogens with zero attached hydrogens (tertiary/aromatic N) is 1. The molecule has 0 atom stereocenters. The highest BCUT2D eigenvalue weighted by Crippen LogP contribution is 2.16. The molecule has 14 heavy (non-hydrogen) atoms. The Labute approximate surface area is 88.9 Å². The van der Waals surface area contributed by atoms with Crippen LogP contribution in [-0.2, 0) is 0 Å². The molecular formula is C10H14ClN3. The first-order chi connectivity index (χ1) is 6.69. The Bertz CT molecular complexity index is 347. The fraction of sp³-hybridized carbons (Fsp3) is 0.300. The quantitative estimate of drug-likeness (QED) is 0.340. The Morgan fingerprint density at radius 2 is 2.29 bits per heavy atom. The molecule has 1 rings (SSSR count). The molecule has 0 aliphatic rings. The Kier molecular flexibility index (Phi) is 3.92. The van der Waals surface area contributed by atoms with E-state index in [1.807, 2.05) is 32.0 Å². The summed E-state index contributed by atoms with van der Waals surface area (Å²) in [4.78, 5) is 4.21. The lowest BCUT2D eigenvalue weighted by atomic mass is 10.1. The van der Waals surface area contributed by atoms with E-state index < -0.39 is 0 Å². The van der Waals surface area contributed by atoms with Crippen molar-refractivity contribution < 1.29 is 0 Å². The van der Waals surface area contributed by atoms with Gasteiger partial charge in [-0.05, 0) is 25.5 Å². The number of amidine groups is 1. The number of hydrazine groups is 1. The molecule has 0 radical (unpaired) electrons. The van der Waals surface area contributed by atoms with Crippen LogP contribution in [0.3, 0.4) is 0 Å². The second kappa shape index (κ2) is 4.98. The van der Waals surface area contributed by atoms with Gasteiger partial charge in [-0.15, -0.1) is 0 Å². The third kappa shape index (κ3) is 2.47. The molecule has 0 amide bonds. The average Bonchev–Trinajstić information content (AvgIpc) is 2.19. The molecule has 0 spiro atoms. The Hall–Kier alpha value is -1.06. The Morgan fingerprint density at radius 3 is 2.79 bits per heavy atom. The van der Waals surface area contributed by atoms with Crippen LogP contribution in [0.15, 0.2) is 23.2 Å². The lowest BCUT2D eigenvalue weighted by Gasteiger charge is -2.06. The standard InChI is InChI=1S/C10H14ClN3/c1-3-13-10(14-12)8-5-4-7(2)9(11)6-8/h4-6H,3,12H2,1-2H3,(H,13,14). The van der Waals surface area contributed by atoms with Gasteiger partial charge in [0.05, 0.1) is 0 Å². The number of nitrogens with two attached hydrogens (primary N) is 1. The molecule has 0 bridgehead atoms. The first-order valence-electron chi connectivity index (χ1n) is 4.46. The van der Waals surface area contributed by atoms with Gasteiger partial charge in [0, 0.05) is 17.1 Å². The monoisotopic (exact) mass is 211 g/mol. The maximum Gasteiger partial charge on any atom is 0.142 e. The van der Waals surface area contributed by atoms with E-state index in [4.69, 9.17) is 17.4 Å². The van der Waals surface area contributed by atoms with E-state index >= 15 is 0 Å². The van der Waals surface area contributed by atoms with Crippen LogP contribution in [0, 0.1) is 6.92 Å². The van der Waals surface area contributed by atoms with E-state index in [0.717, 1.165) is 16.1 Å². The summed E-state index contributed by atoms with van der Waals surface area (Å²) in [6, 6.07) is 5.74. The Balaban J connectivity index is 3.06. The third-order valence-corrected chi connectivity index (χ3v) is 2.31. The highest BCUT2D eigenvalue weighted by Gasteiger charge is 2.02. The van der Waals surface area contributed by atoms with Crippen molar-refractivity contribution in [3.63, 3.8) is 0 Å². The van der Waals surface area contributed by atoms with Crippen molar-refractivity contribution in [2.24, 2.45) is 10.8 Å². The van der Waals surface area contributed by atoms with E-state index in [9.17, 15) is 0 Å². The molecule has 3 nitrogen and oxygen atoms in total. The van der Waals surface area contributed by atoms with Crippen LogP contribution >= 0.6 is 11.6 Å². The number of nitrogens with one attached hydrogen (secondary N) is 1. The van der Waals surface area contributed by atoms with Gasteiger partial charge in [-0.25, -0.2) is 5.84 Å². The van der Waals surface area contributed by atoms with E-state index in [0.29, 0.717) is 12.4 Å². The molecule has 1 aromatic carbocycles. The molecule has 0 unspecified atom stereocenters. The molecule has 0 aliphatic carbocycles. The largest absolute Gasteiger partial charge is 0.308 e. The van der Waals surface area contributed by atoms with Gasteiger partial charge in [0.2, 0.25) is 0 Å². The topological polar surface area (TPSA) is 50.4 Å². The molecule has 0 heterocycles. The van der Waals surface area contributed by atoms with Gasteiger partial charge in [-0.2, -0.15) is 0 Å². The molecule has 3 N–H and O–H groups in total. The first kappa shape index (κ1) is 11.0. The van der Waals surface area contributed by atoms with Crippen LogP contribution in [0.2, 0.25) is 5.02 Å². The first-order valence-corrected chi connectivity index (χ1v) is 4.84. The normalized spacial score (nSPS) is 11.6. The number of aliphatic imine (C=N–C) groups is 1. The number of aryl methyl sites for hydroxylation is 1. The molecule has 0 saturated heterocycles. The van der Waals surface area contributed by atoms with E-state index in [1.54, 1.807) is 0 Å². The maximum atomic E-state index is 5.99. The number of rotatable bonds is 2. The van der Waals surface area contributed by atoms with Crippen LogP contribution in [0.25, 0.3) is 0 Å². The number of halogens is 1. The zero-order chi connectivity index (χ0) is 10.6. The molecule has 0 fully saturated rings. The van der Waals surface area contributed by atoms with Crippen molar-refractivity contribution >= 4 is 17.4 Å². The summed E-state index contributed by atoms with van der Waals surface area (Å²) in [5, 5.41) is 0.724. The summed E-state index contributed by atoms with van der Waals surface area (Å²) in [6.45, 7) is 4.59. The number of benzene rings is 1. The van der Waals surface area contributed by atoms with Crippen LogP contribution in [0.5, 0.6) is 0 Å². The van der Waals surface area contributed by atoms with Crippen LogP contribution < -0.4 is 11.3 Å². The van der Waals surface area contributed by atoms with Crippen molar-refractivity contribution in [2.45, 2.75) is 13.8 Å². The van der Waals surface area contributed by atoms with Gasteiger partial charge >= 0.3 is 0 Å². The summed E-state index contributed by atoms with van der Waals surface area (Å²) in [5.74, 6) is 6.02. The highest BCUT2D eigenvalue weighted by molar-refractivity contribution is 6.31. The van der Waals surface area contributed by atoms with Crippen molar-refractivity contribution in [3.8, 4) is 0 Å². The molecular weight excluding hydrogens is 198 g/mol. The highest BCUT2D eigenvalue weighted by atomic mass is 35.5. The van der Waals surface area contributed by atoms with Gasteiger partial charge in [-0.1, -0.05) is 23.7 Å².